The largest absolute Gasteiger partial charge is 0.310 e. The van der Waals surface area contributed by atoms with Gasteiger partial charge in [0.15, 0.2) is 0 Å². The van der Waals surface area contributed by atoms with Crippen LogP contribution in [0, 0.1) is 23.7 Å². The van der Waals surface area contributed by atoms with E-state index >= 15 is 0 Å². The van der Waals surface area contributed by atoms with Gasteiger partial charge in [0.2, 0.25) is 0 Å². The van der Waals surface area contributed by atoms with Crippen LogP contribution in [0.25, 0.3) is 0 Å². The second-order valence-electron chi connectivity index (χ2n) is 7.80. The average Bonchev–Trinajstić information content (AvgIpc) is 3.19. The number of hydrogen-bond donors (Lipinski definition) is 1. The molecule has 0 radical (unpaired) electrons. The van der Waals surface area contributed by atoms with Crippen LogP contribution in [0.3, 0.4) is 0 Å². The van der Waals surface area contributed by atoms with Crippen LogP contribution < -0.4 is 5.32 Å². The molecule has 5 atom stereocenters. The van der Waals surface area contributed by atoms with Crippen molar-refractivity contribution >= 4 is 0 Å². The molecular weight excluding hydrogens is 242 g/mol. The topological polar surface area (TPSA) is 12.0 Å². The second kappa shape index (κ2) is 4.34. The molecule has 3 saturated carbocycles. The number of benzene rings is 1. The van der Waals surface area contributed by atoms with Crippen LogP contribution >= 0.6 is 0 Å². The van der Waals surface area contributed by atoms with Crippen molar-refractivity contribution < 1.29 is 0 Å². The van der Waals surface area contributed by atoms with Gasteiger partial charge in [0.05, 0.1) is 0 Å². The van der Waals surface area contributed by atoms with Gasteiger partial charge < -0.3 is 5.32 Å². The van der Waals surface area contributed by atoms with E-state index in [1.54, 1.807) is 24.0 Å². The lowest BCUT2D eigenvalue weighted by atomic mass is 9.79. The predicted molar refractivity (Wildman–Crippen MR) is 81.6 cm³/mol. The summed E-state index contributed by atoms with van der Waals surface area (Å²) in [5.74, 6) is 4.32. The first-order valence-electron chi connectivity index (χ1n) is 8.71. The Bertz CT molecular complexity index is 497. The number of rotatable bonds is 2. The number of fused-ring (bicyclic) bond motifs is 6. The molecule has 106 valence electrons. The Labute approximate surface area is 122 Å². The third-order valence-corrected chi connectivity index (χ3v) is 6.93. The van der Waals surface area contributed by atoms with Crippen molar-refractivity contribution in [2.75, 3.05) is 0 Å². The maximum atomic E-state index is 4.07. The first-order valence-corrected chi connectivity index (χ1v) is 8.71. The molecule has 1 heteroatoms. The summed E-state index contributed by atoms with van der Waals surface area (Å²) in [5.41, 5.74) is 3.18. The molecular formula is C19H25N. The van der Waals surface area contributed by atoms with Gasteiger partial charge in [0.1, 0.15) is 0 Å². The lowest BCUT2D eigenvalue weighted by molar-refractivity contribution is 0.198. The SMILES string of the molecule is c1ccc2c(c1)CC(NC1CC3CC1C1CCCC31)C2. The number of nitrogens with one attached hydrogen (secondary N) is 1. The summed E-state index contributed by atoms with van der Waals surface area (Å²) in [6.07, 6.45) is 10.2. The Hall–Kier alpha value is -0.820. The molecule has 5 rings (SSSR count). The molecule has 0 saturated heterocycles. The van der Waals surface area contributed by atoms with Gasteiger partial charge in [-0.2, -0.15) is 0 Å². The average molecular weight is 267 g/mol. The summed E-state index contributed by atoms with van der Waals surface area (Å²) in [6, 6.07) is 10.6. The summed E-state index contributed by atoms with van der Waals surface area (Å²) >= 11 is 0. The molecule has 0 spiro atoms. The van der Waals surface area contributed by atoms with Crippen LogP contribution in [0.4, 0.5) is 0 Å². The van der Waals surface area contributed by atoms with E-state index in [4.69, 9.17) is 0 Å². The fraction of sp³-hybridized carbons (Fsp3) is 0.684. The van der Waals surface area contributed by atoms with E-state index in [1.807, 2.05) is 0 Å². The number of hydrogen-bond acceptors (Lipinski definition) is 1. The first kappa shape index (κ1) is 11.8. The van der Waals surface area contributed by atoms with E-state index in [0.717, 1.165) is 35.8 Å². The van der Waals surface area contributed by atoms with Crippen molar-refractivity contribution in [3.8, 4) is 0 Å². The molecule has 2 bridgehead atoms. The molecule has 0 heterocycles. The summed E-state index contributed by atoms with van der Waals surface area (Å²) in [7, 11) is 0. The molecule has 1 N–H and O–H groups in total. The van der Waals surface area contributed by atoms with Crippen LogP contribution in [-0.2, 0) is 12.8 Å². The molecule has 4 aliphatic rings. The van der Waals surface area contributed by atoms with Crippen molar-refractivity contribution in [1.82, 2.24) is 5.32 Å². The van der Waals surface area contributed by atoms with Crippen molar-refractivity contribution in [3.63, 3.8) is 0 Å². The summed E-state index contributed by atoms with van der Waals surface area (Å²) in [4.78, 5) is 0. The molecule has 0 aliphatic heterocycles. The maximum absolute atomic E-state index is 4.07. The quantitative estimate of drug-likeness (QED) is 0.864. The lowest BCUT2D eigenvalue weighted by Gasteiger charge is -2.34. The van der Waals surface area contributed by atoms with E-state index in [-0.39, 0.29) is 0 Å². The van der Waals surface area contributed by atoms with Gasteiger partial charge in [0.25, 0.3) is 0 Å². The minimum absolute atomic E-state index is 0.719. The van der Waals surface area contributed by atoms with E-state index < -0.39 is 0 Å². The molecule has 3 fully saturated rings. The van der Waals surface area contributed by atoms with E-state index in [1.165, 1.54) is 32.1 Å². The van der Waals surface area contributed by atoms with Crippen LogP contribution in [0.15, 0.2) is 24.3 Å². The van der Waals surface area contributed by atoms with Crippen molar-refractivity contribution in [3.05, 3.63) is 35.4 Å². The van der Waals surface area contributed by atoms with Gasteiger partial charge in [-0.15, -0.1) is 0 Å². The zero-order valence-electron chi connectivity index (χ0n) is 12.2. The van der Waals surface area contributed by atoms with Crippen LogP contribution in [0.1, 0.15) is 43.2 Å². The normalized spacial score (nSPS) is 42.1. The predicted octanol–water partition coefficient (Wildman–Crippen LogP) is 3.57. The van der Waals surface area contributed by atoms with Gasteiger partial charge in [-0.05, 0) is 73.3 Å². The minimum Gasteiger partial charge on any atom is -0.310 e. The van der Waals surface area contributed by atoms with Crippen molar-refractivity contribution in [2.45, 2.75) is 57.0 Å². The molecule has 5 unspecified atom stereocenters. The Morgan fingerprint density at radius 2 is 1.60 bits per heavy atom. The Kier molecular flexibility index (Phi) is 2.56. The minimum atomic E-state index is 0.719. The Morgan fingerprint density at radius 1 is 0.850 bits per heavy atom. The zero-order valence-corrected chi connectivity index (χ0v) is 12.2. The Morgan fingerprint density at radius 3 is 2.40 bits per heavy atom. The summed E-state index contributed by atoms with van der Waals surface area (Å²) in [6.45, 7) is 0. The highest BCUT2D eigenvalue weighted by Gasteiger charge is 2.53. The molecule has 0 amide bonds. The lowest BCUT2D eigenvalue weighted by Crippen LogP contribution is -2.45. The third kappa shape index (κ3) is 1.65. The monoisotopic (exact) mass is 267 g/mol. The van der Waals surface area contributed by atoms with Gasteiger partial charge in [-0.3, -0.25) is 0 Å². The summed E-state index contributed by atoms with van der Waals surface area (Å²) in [5, 5.41) is 4.07. The molecule has 4 aliphatic carbocycles. The molecule has 1 aromatic carbocycles. The smallest absolute Gasteiger partial charge is 0.0151 e. The van der Waals surface area contributed by atoms with Gasteiger partial charge in [-0.1, -0.05) is 30.7 Å². The fourth-order valence-electron chi connectivity index (χ4n) is 6.24. The van der Waals surface area contributed by atoms with Crippen LogP contribution in [-0.4, -0.2) is 12.1 Å². The third-order valence-electron chi connectivity index (χ3n) is 6.93. The molecule has 1 aromatic rings. The van der Waals surface area contributed by atoms with Crippen LogP contribution in [0.5, 0.6) is 0 Å². The highest BCUT2D eigenvalue weighted by molar-refractivity contribution is 5.33. The van der Waals surface area contributed by atoms with Crippen LogP contribution in [0.2, 0.25) is 0 Å². The van der Waals surface area contributed by atoms with Gasteiger partial charge in [-0.25, -0.2) is 0 Å². The van der Waals surface area contributed by atoms with Gasteiger partial charge in [0, 0.05) is 12.1 Å². The van der Waals surface area contributed by atoms with Crippen molar-refractivity contribution in [1.29, 1.82) is 0 Å². The van der Waals surface area contributed by atoms with Gasteiger partial charge >= 0.3 is 0 Å². The highest BCUT2D eigenvalue weighted by Crippen LogP contribution is 2.58. The van der Waals surface area contributed by atoms with E-state index in [9.17, 15) is 0 Å². The zero-order chi connectivity index (χ0) is 13.1. The van der Waals surface area contributed by atoms with E-state index in [2.05, 4.69) is 29.6 Å². The first-order chi connectivity index (χ1) is 9.88. The maximum Gasteiger partial charge on any atom is 0.0151 e. The summed E-state index contributed by atoms with van der Waals surface area (Å²) < 4.78 is 0. The fourth-order valence-corrected chi connectivity index (χ4v) is 6.24. The molecule has 1 nitrogen and oxygen atoms in total. The Balaban J connectivity index is 1.28. The molecule has 0 aromatic heterocycles. The highest BCUT2D eigenvalue weighted by atomic mass is 15.0. The standard InChI is InChI=1S/C19H25N/c1-2-5-13-9-15(8-12(13)4-1)20-19-11-14-10-18(19)17-7-3-6-16(14)17/h1-2,4-5,14-20H,3,6-11H2. The molecule has 20 heavy (non-hydrogen) atoms. The van der Waals surface area contributed by atoms with E-state index in [0.29, 0.717) is 0 Å². The second-order valence-corrected chi connectivity index (χ2v) is 7.80. The van der Waals surface area contributed by atoms with Crippen molar-refractivity contribution in [2.24, 2.45) is 23.7 Å².